The second-order valence-electron chi connectivity index (χ2n) is 6.31. The number of rotatable bonds is 7. The molecule has 0 atom stereocenters. The molecule has 1 aromatic carbocycles. The van der Waals surface area contributed by atoms with Crippen LogP contribution < -0.4 is 14.9 Å². The summed E-state index contributed by atoms with van der Waals surface area (Å²) in [4.78, 5) is 21.5. The Kier molecular flexibility index (Phi) is 7.02. The summed E-state index contributed by atoms with van der Waals surface area (Å²) in [5.41, 5.74) is 3.95. The third-order valence-electron chi connectivity index (χ3n) is 4.38. The molecule has 1 aromatic heterocycles. The minimum absolute atomic E-state index is 0.197. The second kappa shape index (κ2) is 9.88. The van der Waals surface area contributed by atoms with E-state index >= 15 is 0 Å². The molecule has 0 aliphatic carbocycles. The molecular formula is C19H21ClN6O4. The summed E-state index contributed by atoms with van der Waals surface area (Å²) in [7, 11) is 2.98. The van der Waals surface area contributed by atoms with E-state index in [9.17, 15) is 10.1 Å². The smallest absolute Gasteiger partial charge is 0.430 e. The fraction of sp³-hybridized carbons (Fsp3) is 0.316. The number of pyridine rings is 1. The maximum absolute atomic E-state index is 11.8. The number of benzene rings is 1. The van der Waals surface area contributed by atoms with Gasteiger partial charge in [-0.15, -0.1) is 0 Å². The van der Waals surface area contributed by atoms with Gasteiger partial charge < -0.3 is 24.5 Å². The van der Waals surface area contributed by atoms with Crippen molar-refractivity contribution in [1.82, 2.24) is 9.88 Å². The monoisotopic (exact) mass is 432 g/mol. The molecule has 2 aromatic rings. The van der Waals surface area contributed by atoms with Gasteiger partial charge in [0.1, 0.15) is 16.7 Å². The van der Waals surface area contributed by atoms with E-state index in [1.165, 1.54) is 14.2 Å². The van der Waals surface area contributed by atoms with E-state index in [1.807, 2.05) is 6.07 Å². The molecule has 158 valence electrons. The third kappa shape index (κ3) is 4.95. The number of amidine groups is 2. The lowest BCUT2D eigenvalue weighted by molar-refractivity contribution is -0.346. The molecule has 0 saturated heterocycles. The summed E-state index contributed by atoms with van der Waals surface area (Å²) < 4.78 is 10.6. The summed E-state index contributed by atoms with van der Waals surface area (Å²) in [6.45, 7) is 1.48. The topological polar surface area (TPSA) is 114 Å². The Labute approximate surface area is 178 Å². The second-order valence-corrected chi connectivity index (χ2v) is 6.70. The average Bonchev–Trinajstić information content (AvgIpc) is 2.76. The standard InChI is InChI=1S/C19H21ClN6O4/c1-29-14-5-3-6-15(30-2)17(14)23-24-19(26(27)28)18-21-9-4-10-25(18)12-13-7-8-16(20)22-11-13/h3,5-8,11,23H,4,9-10,12H2,1-2H3. The maximum atomic E-state index is 11.8. The van der Waals surface area contributed by atoms with Gasteiger partial charge in [0.2, 0.25) is 5.84 Å². The fourth-order valence-corrected chi connectivity index (χ4v) is 3.09. The van der Waals surface area contributed by atoms with Crippen LogP contribution in [-0.2, 0) is 6.54 Å². The molecule has 2 heterocycles. The van der Waals surface area contributed by atoms with E-state index in [0.29, 0.717) is 42.0 Å². The van der Waals surface area contributed by atoms with Gasteiger partial charge in [0, 0.05) is 25.8 Å². The lowest BCUT2D eigenvalue weighted by atomic mass is 10.2. The summed E-state index contributed by atoms with van der Waals surface area (Å²) in [5.74, 6) is 0.679. The Morgan fingerprint density at radius 1 is 1.30 bits per heavy atom. The average molecular weight is 433 g/mol. The Hall–Kier alpha value is -3.40. The van der Waals surface area contributed by atoms with Gasteiger partial charge in [-0.3, -0.25) is 4.99 Å². The first-order valence-corrected chi connectivity index (χ1v) is 9.50. The number of aromatic nitrogens is 1. The first kappa shape index (κ1) is 21.3. The molecule has 0 amide bonds. The molecular weight excluding hydrogens is 412 g/mol. The Bertz CT molecular complexity index is 942. The predicted octanol–water partition coefficient (Wildman–Crippen LogP) is 3.06. The summed E-state index contributed by atoms with van der Waals surface area (Å²) in [6.07, 6.45) is 2.42. The molecule has 1 N–H and O–H groups in total. The number of aliphatic imine (C=N–C) groups is 1. The minimum atomic E-state index is -0.563. The number of hydrogen-bond donors (Lipinski definition) is 1. The van der Waals surface area contributed by atoms with Crippen molar-refractivity contribution < 1.29 is 14.4 Å². The van der Waals surface area contributed by atoms with Gasteiger partial charge in [0.05, 0.1) is 19.3 Å². The SMILES string of the molecule is COc1cccc(OC)c1NN=C(C1=NCCCN1Cc1ccc(Cl)nc1)[N+](=O)[O-]. The fourth-order valence-electron chi connectivity index (χ4n) is 2.98. The molecule has 0 saturated carbocycles. The number of hydrogen-bond acceptors (Lipinski definition) is 9. The van der Waals surface area contributed by atoms with E-state index in [-0.39, 0.29) is 5.84 Å². The van der Waals surface area contributed by atoms with Gasteiger partial charge in [0.25, 0.3) is 0 Å². The Morgan fingerprint density at radius 3 is 2.63 bits per heavy atom. The molecule has 30 heavy (non-hydrogen) atoms. The van der Waals surface area contributed by atoms with Crippen LogP contribution in [0.5, 0.6) is 11.5 Å². The number of hydrazone groups is 1. The van der Waals surface area contributed by atoms with Crippen molar-refractivity contribution in [3.05, 3.63) is 57.4 Å². The van der Waals surface area contributed by atoms with Gasteiger partial charge in [-0.05, 0) is 35.1 Å². The van der Waals surface area contributed by atoms with Crippen molar-refractivity contribution in [3.8, 4) is 11.5 Å². The number of nitrogens with zero attached hydrogens (tertiary/aromatic N) is 5. The summed E-state index contributed by atoms with van der Waals surface area (Å²) in [6, 6.07) is 8.64. The van der Waals surface area contributed by atoms with Crippen LogP contribution in [0.15, 0.2) is 46.6 Å². The Balaban J connectivity index is 1.90. The van der Waals surface area contributed by atoms with Crippen LogP contribution in [0.1, 0.15) is 12.0 Å². The molecule has 11 heteroatoms. The molecule has 0 unspecified atom stereocenters. The first-order valence-electron chi connectivity index (χ1n) is 9.12. The van der Waals surface area contributed by atoms with Crippen LogP contribution in [0.4, 0.5) is 5.69 Å². The largest absolute Gasteiger partial charge is 0.494 e. The maximum Gasteiger partial charge on any atom is 0.430 e. The molecule has 0 fully saturated rings. The van der Waals surface area contributed by atoms with Crippen LogP contribution in [0, 0.1) is 10.1 Å². The molecule has 0 radical (unpaired) electrons. The molecule has 1 aliphatic heterocycles. The van der Waals surface area contributed by atoms with E-state index in [1.54, 1.807) is 35.4 Å². The van der Waals surface area contributed by atoms with Crippen LogP contribution >= 0.6 is 11.6 Å². The number of methoxy groups -OCH3 is 2. The molecule has 10 nitrogen and oxygen atoms in total. The van der Waals surface area contributed by atoms with E-state index < -0.39 is 10.8 Å². The van der Waals surface area contributed by atoms with Crippen molar-refractivity contribution in [3.63, 3.8) is 0 Å². The number of nitro groups is 1. The zero-order valence-corrected chi connectivity index (χ0v) is 17.3. The van der Waals surface area contributed by atoms with E-state index in [0.717, 1.165) is 12.0 Å². The molecule has 0 bridgehead atoms. The zero-order chi connectivity index (χ0) is 21.5. The minimum Gasteiger partial charge on any atom is -0.494 e. The van der Waals surface area contributed by atoms with Crippen LogP contribution in [-0.4, -0.2) is 53.8 Å². The summed E-state index contributed by atoms with van der Waals surface area (Å²) in [5, 5.41) is 16.2. The van der Waals surface area contributed by atoms with E-state index in [2.05, 4.69) is 20.5 Å². The van der Waals surface area contributed by atoms with Crippen LogP contribution in [0.25, 0.3) is 0 Å². The molecule has 1 aliphatic rings. The van der Waals surface area contributed by atoms with Crippen molar-refractivity contribution in [2.75, 3.05) is 32.7 Å². The van der Waals surface area contributed by atoms with Crippen LogP contribution in [0.2, 0.25) is 5.15 Å². The summed E-state index contributed by atoms with van der Waals surface area (Å²) >= 11 is 5.84. The highest BCUT2D eigenvalue weighted by Gasteiger charge is 2.30. The van der Waals surface area contributed by atoms with Gasteiger partial charge >= 0.3 is 5.84 Å². The van der Waals surface area contributed by atoms with Gasteiger partial charge in [-0.2, -0.15) is 5.43 Å². The highest BCUT2D eigenvalue weighted by atomic mass is 35.5. The van der Waals surface area contributed by atoms with Crippen molar-refractivity contribution in [1.29, 1.82) is 0 Å². The number of ether oxygens (including phenoxy) is 2. The van der Waals surface area contributed by atoms with E-state index in [4.69, 9.17) is 21.1 Å². The number of para-hydroxylation sites is 1. The number of anilines is 1. The molecule has 3 rings (SSSR count). The third-order valence-corrected chi connectivity index (χ3v) is 4.61. The Morgan fingerprint density at radius 2 is 2.03 bits per heavy atom. The number of nitrogens with one attached hydrogen (secondary N) is 1. The van der Waals surface area contributed by atoms with Crippen molar-refractivity contribution in [2.24, 2.45) is 10.1 Å². The van der Waals surface area contributed by atoms with Crippen LogP contribution in [0.3, 0.4) is 0 Å². The first-order chi connectivity index (χ1) is 14.5. The molecule has 0 spiro atoms. The van der Waals surface area contributed by atoms with Gasteiger partial charge in [0.15, 0.2) is 5.69 Å². The van der Waals surface area contributed by atoms with Crippen molar-refractivity contribution >= 4 is 29.0 Å². The van der Waals surface area contributed by atoms with Crippen molar-refractivity contribution in [2.45, 2.75) is 13.0 Å². The highest BCUT2D eigenvalue weighted by molar-refractivity contribution is 6.37. The van der Waals surface area contributed by atoms with Gasteiger partial charge in [-0.1, -0.05) is 23.7 Å². The van der Waals surface area contributed by atoms with Gasteiger partial charge in [-0.25, -0.2) is 4.98 Å². The normalized spacial score (nSPS) is 14.2. The zero-order valence-electron chi connectivity index (χ0n) is 16.5. The quantitative estimate of drug-likeness (QED) is 0.235. The number of halogens is 1. The lowest BCUT2D eigenvalue weighted by Gasteiger charge is -2.27. The predicted molar refractivity (Wildman–Crippen MR) is 114 cm³/mol. The highest BCUT2D eigenvalue weighted by Crippen LogP contribution is 2.34. The lowest BCUT2D eigenvalue weighted by Crippen LogP contribution is -2.43.